The summed E-state index contributed by atoms with van der Waals surface area (Å²) < 4.78 is 0. The Morgan fingerprint density at radius 1 is 0.682 bits per heavy atom. The molecule has 0 aromatic rings. The predicted octanol–water partition coefficient (Wildman–Crippen LogP) is 4.36. The molecule has 0 aliphatic carbocycles. The molecule has 0 radical (unpaired) electrons. The van der Waals surface area contributed by atoms with Gasteiger partial charge in [0.25, 0.3) is 0 Å². The van der Waals surface area contributed by atoms with Crippen molar-refractivity contribution in [3.63, 3.8) is 0 Å². The molecule has 0 saturated carbocycles. The van der Waals surface area contributed by atoms with E-state index >= 15 is 0 Å². The zero-order valence-corrected chi connectivity index (χ0v) is 15.2. The smallest absolute Gasteiger partial charge is 0.0897 e. The van der Waals surface area contributed by atoms with Crippen LogP contribution in [-0.2, 0) is 0 Å². The van der Waals surface area contributed by atoms with E-state index in [0.29, 0.717) is 6.54 Å². The zero-order chi connectivity index (χ0) is 16.5. The Hall–Kier alpha value is -0.120. The Morgan fingerprint density at radius 2 is 1.09 bits per heavy atom. The van der Waals surface area contributed by atoms with E-state index < -0.39 is 6.10 Å². The van der Waals surface area contributed by atoms with Crippen LogP contribution >= 0.6 is 0 Å². The van der Waals surface area contributed by atoms with Crippen molar-refractivity contribution in [2.24, 2.45) is 0 Å². The van der Waals surface area contributed by atoms with Crippen LogP contribution in [0.15, 0.2) is 0 Å². The van der Waals surface area contributed by atoms with Gasteiger partial charge < -0.3 is 15.1 Å². The highest BCUT2D eigenvalue weighted by Gasteiger charge is 2.10. The Labute approximate surface area is 139 Å². The quantitative estimate of drug-likeness (QED) is 0.392. The summed E-state index contributed by atoms with van der Waals surface area (Å²) in [6, 6.07) is 0. The lowest BCUT2D eigenvalue weighted by Crippen LogP contribution is -2.35. The minimum atomic E-state index is -0.583. The molecule has 134 valence electrons. The van der Waals surface area contributed by atoms with Crippen molar-refractivity contribution in [1.82, 2.24) is 4.90 Å². The molecule has 0 spiro atoms. The summed E-state index contributed by atoms with van der Waals surface area (Å²) in [5.41, 5.74) is 0. The van der Waals surface area contributed by atoms with E-state index in [2.05, 4.69) is 18.7 Å². The Balaban J connectivity index is 3.75. The minimum Gasteiger partial charge on any atom is -0.394 e. The molecule has 0 rings (SSSR count). The van der Waals surface area contributed by atoms with Crippen molar-refractivity contribution in [2.45, 2.75) is 97.0 Å². The van der Waals surface area contributed by atoms with Crippen molar-refractivity contribution in [1.29, 1.82) is 0 Å². The van der Waals surface area contributed by atoms with Crippen molar-refractivity contribution in [3.8, 4) is 0 Å². The molecule has 2 N–H and O–H groups in total. The summed E-state index contributed by atoms with van der Waals surface area (Å²) >= 11 is 0. The molecule has 3 heteroatoms. The molecule has 0 heterocycles. The van der Waals surface area contributed by atoms with Gasteiger partial charge in [-0.15, -0.1) is 0 Å². The Kier molecular flexibility index (Phi) is 17.1. The second-order valence-electron chi connectivity index (χ2n) is 6.67. The monoisotopic (exact) mass is 315 g/mol. The van der Waals surface area contributed by atoms with E-state index in [4.69, 9.17) is 5.11 Å². The first-order chi connectivity index (χ1) is 10.7. The van der Waals surface area contributed by atoms with Gasteiger partial charge in [0, 0.05) is 6.54 Å². The molecule has 0 bridgehead atoms. The van der Waals surface area contributed by atoms with E-state index in [1.807, 2.05) is 0 Å². The minimum absolute atomic E-state index is 0.122. The van der Waals surface area contributed by atoms with Crippen molar-refractivity contribution in [2.75, 3.05) is 26.2 Å². The van der Waals surface area contributed by atoms with Crippen LogP contribution in [0.1, 0.15) is 90.9 Å². The highest BCUT2D eigenvalue weighted by Crippen LogP contribution is 2.09. The molecule has 0 fully saturated rings. The number of hydrogen-bond acceptors (Lipinski definition) is 3. The SMILES string of the molecule is CCCCCCCCN(CCCCCCCC)CC(O)CO. The average molecular weight is 316 g/mol. The molecule has 1 unspecified atom stereocenters. The second-order valence-corrected chi connectivity index (χ2v) is 6.67. The summed E-state index contributed by atoms with van der Waals surface area (Å²) in [4.78, 5) is 2.35. The first-order valence-corrected chi connectivity index (χ1v) is 9.75. The van der Waals surface area contributed by atoms with E-state index in [-0.39, 0.29) is 6.61 Å². The van der Waals surface area contributed by atoms with Gasteiger partial charge in [-0.05, 0) is 25.9 Å². The number of aliphatic hydroxyl groups is 2. The van der Waals surface area contributed by atoms with Gasteiger partial charge in [0.1, 0.15) is 0 Å². The number of aliphatic hydroxyl groups excluding tert-OH is 2. The first kappa shape index (κ1) is 21.9. The third-order valence-electron chi connectivity index (χ3n) is 4.34. The average Bonchev–Trinajstić information content (AvgIpc) is 2.53. The van der Waals surface area contributed by atoms with Crippen LogP contribution in [0.2, 0.25) is 0 Å². The summed E-state index contributed by atoms with van der Waals surface area (Å²) in [6.07, 6.45) is 15.1. The fourth-order valence-corrected chi connectivity index (χ4v) is 2.88. The molecule has 0 aromatic heterocycles. The molecule has 22 heavy (non-hydrogen) atoms. The molecule has 0 aliphatic heterocycles. The van der Waals surface area contributed by atoms with Crippen LogP contribution in [0, 0.1) is 0 Å². The van der Waals surface area contributed by atoms with Crippen molar-refractivity contribution >= 4 is 0 Å². The molecule has 1 atom stereocenters. The van der Waals surface area contributed by atoms with E-state index in [1.54, 1.807) is 0 Å². The van der Waals surface area contributed by atoms with Crippen LogP contribution < -0.4 is 0 Å². The van der Waals surface area contributed by atoms with Crippen LogP contribution in [0.25, 0.3) is 0 Å². The lowest BCUT2D eigenvalue weighted by atomic mass is 10.1. The highest BCUT2D eigenvalue weighted by molar-refractivity contribution is 4.64. The van der Waals surface area contributed by atoms with Crippen LogP contribution in [0.4, 0.5) is 0 Å². The maximum atomic E-state index is 9.68. The number of hydrogen-bond donors (Lipinski definition) is 2. The van der Waals surface area contributed by atoms with Crippen LogP contribution in [0.5, 0.6) is 0 Å². The second kappa shape index (κ2) is 17.2. The third kappa shape index (κ3) is 14.8. The van der Waals surface area contributed by atoms with E-state index in [9.17, 15) is 5.11 Å². The maximum Gasteiger partial charge on any atom is 0.0897 e. The van der Waals surface area contributed by atoms with Gasteiger partial charge in [0.15, 0.2) is 0 Å². The predicted molar refractivity (Wildman–Crippen MR) is 96.3 cm³/mol. The van der Waals surface area contributed by atoms with E-state index in [1.165, 1.54) is 77.0 Å². The topological polar surface area (TPSA) is 43.7 Å². The molecule has 0 amide bonds. The van der Waals surface area contributed by atoms with Gasteiger partial charge >= 0.3 is 0 Å². The van der Waals surface area contributed by atoms with Crippen LogP contribution in [-0.4, -0.2) is 47.5 Å². The lowest BCUT2D eigenvalue weighted by molar-refractivity contribution is 0.0579. The molecular formula is C19H41NO2. The fraction of sp³-hybridized carbons (Fsp3) is 1.00. The van der Waals surface area contributed by atoms with Crippen molar-refractivity contribution in [3.05, 3.63) is 0 Å². The highest BCUT2D eigenvalue weighted by atomic mass is 16.3. The van der Waals surface area contributed by atoms with Crippen molar-refractivity contribution < 1.29 is 10.2 Å². The third-order valence-corrected chi connectivity index (χ3v) is 4.34. The number of rotatable bonds is 17. The van der Waals surface area contributed by atoms with Gasteiger partial charge in [-0.3, -0.25) is 0 Å². The number of unbranched alkanes of at least 4 members (excludes halogenated alkanes) is 10. The molecular weight excluding hydrogens is 274 g/mol. The first-order valence-electron chi connectivity index (χ1n) is 9.75. The molecule has 0 saturated heterocycles. The maximum absolute atomic E-state index is 9.68. The van der Waals surface area contributed by atoms with Gasteiger partial charge in [-0.25, -0.2) is 0 Å². The van der Waals surface area contributed by atoms with Crippen LogP contribution in [0.3, 0.4) is 0 Å². The molecule has 3 nitrogen and oxygen atoms in total. The zero-order valence-electron chi connectivity index (χ0n) is 15.2. The normalized spacial score (nSPS) is 13.0. The number of nitrogens with zero attached hydrogens (tertiary/aromatic N) is 1. The van der Waals surface area contributed by atoms with E-state index in [0.717, 1.165) is 13.1 Å². The summed E-state index contributed by atoms with van der Waals surface area (Å²) in [5, 5.41) is 18.7. The Morgan fingerprint density at radius 3 is 1.50 bits per heavy atom. The summed E-state index contributed by atoms with van der Waals surface area (Å²) in [6.45, 7) is 7.14. The fourth-order valence-electron chi connectivity index (χ4n) is 2.88. The van der Waals surface area contributed by atoms with Gasteiger partial charge in [-0.2, -0.15) is 0 Å². The largest absolute Gasteiger partial charge is 0.394 e. The van der Waals surface area contributed by atoms with Gasteiger partial charge in [0.05, 0.1) is 12.7 Å². The standard InChI is InChI=1S/C19H41NO2/c1-3-5-7-9-11-13-15-20(17-19(22)18-21)16-14-12-10-8-6-4-2/h19,21-22H,3-18H2,1-2H3. The summed E-state index contributed by atoms with van der Waals surface area (Å²) in [5.74, 6) is 0. The summed E-state index contributed by atoms with van der Waals surface area (Å²) in [7, 11) is 0. The molecule has 0 aromatic carbocycles. The van der Waals surface area contributed by atoms with Gasteiger partial charge in [0.2, 0.25) is 0 Å². The lowest BCUT2D eigenvalue weighted by Gasteiger charge is -2.24. The Bertz CT molecular complexity index is 196. The molecule has 0 aliphatic rings. The van der Waals surface area contributed by atoms with Gasteiger partial charge in [-0.1, -0.05) is 78.1 Å².